The summed E-state index contributed by atoms with van der Waals surface area (Å²) in [6.45, 7) is 5.54. The van der Waals surface area contributed by atoms with E-state index in [0.29, 0.717) is 45.1 Å². The third-order valence-electron chi connectivity index (χ3n) is 4.95. The zero-order chi connectivity index (χ0) is 18.6. The molecule has 2 fully saturated rings. The van der Waals surface area contributed by atoms with Gasteiger partial charge in [-0.05, 0) is 24.3 Å². The number of hydrogen-bond acceptors (Lipinski definition) is 6. The molecule has 0 atom stereocenters. The van der Waals surface area contributed by atoms with E-state index in [0.717, 1.165) is 24.6 Å². The number of anilines is 2. The van der Waals surface area contributed by atoms with E-state index in [4.69, 9.17) is 4.74 Å². The summed E-state index contributed by atoms with van der Waals surface area (Å²) in [4.78, 5) is 27.5. The van der Waals surface area contributed by atoms with Crippen molar-refractivity contribution >= 4 is 17.4 Å². The van der Waals surface area contributed by atoms with Gasteiger partial charge in [0.25, 0.3) is 5.91 Å². The Hall–Kier alpha value is -2.74. The van der Waals surface area contributed by atoms with Crippen molar-refractivity contribution in [1.82, 2.24) is 14.9 Å². The first-order valence-corrected chi connectivity index (χ1v) is 9.15. The molecule has 8 heteroatoms. The fraction of sp³-hybridized carbons (Fsp3) is 0.421. The molecule has 27 heavy (non-hydrogen) atoms. The Balaban J connectivity index is 1.35. The zero-order valence-corrected chi connectivity index (χ0v) is 15.1. The van der Waals surface area contributed by atoms with Crippen LogP contribution in [0.25, 0.3) is 0 Å². The zero-order valence-electron chi connectivity index (χ0n) is 15.1. The highest BCUT2D eigenvalue weighted by molar-refractivity contribution is 5.92. The van der Waals surface area contributed by atoms with E-state index in [1.165, 1.54) is 12.1 Å². The molecule has 0 saturated carbocycles. The topological polar surface area (TPSA) is 61.8 Å². The van der Waals surface area contributed by atoms with Gasteiger partial charge in [0.2, 0.25) is 0 Å². The fourth-order valence-electron chi connectivity index (χ4n) is 3.37. The van der Waals surface area contributed by atoms with Gasteiger partial charge in [0.15, 0.2) is 0 Å². The van der Waals surface area contributed by atoms with Crippen LogP contribution >= 0.6 is 0 Å². The Labute approximate surface area is 157 Å². The number of carbonyl (C=O) groups excluding carboxylic acids is 1. The molecule has 1 amide bonds. The fourth-order valence-corrected chi connectivity index (χ4v) is 3.37. The molecule has 0 aliphatic carbocycles. The number of hydrogen-bond donors (Lipinski definition) is 0. The van der Waals surface area contributed by atoms with Crippen molar-refractivity contribution in [2.24, 2.45) is 0 Å². The first-order valence-electron chi connectivity index (χ1n) is 9.15. The van der Waals surface area contributed by atoms with E-state index in [1.54, 1.807) is 29.4 Å². The number of carbonyl (C=O) groups is 1. The first kappa shape index (κ1) is 17.7. The van der Waals surface area contributed by atoms with E-state index in [1.807, 2.05) is 0 Å². The lowest BCUT2D eigenvalue weighted by atomic mass is 10.2. The largest absolute Gasteiger partial charge is 0.378 e. The lowest BCUT2D eigenvalue weighted by Crippen LogP contribution is -2.49. The van der Waals surface area contributed by atoms with Crippen LogP contribution in [0.3, 0.4) is 0 Å². The maximum atomic E-state index is 13.1. The average Bonchev–Trinajstić information content (AvgIpc) is 2.75. The Morgan fingerprint density at radius 2 is 1.59 bits per heavy atom. The van der Waals surface area contributed by atoms with Crippen LogP contribution in [0.5, 0.6) is 0 Å². The quantitative estimate of drug-likeness (QED) is 0.813. The van der Waals surface area contributed by atoms with Crippen molar-refractivity contribution in [3.63, 3.8) is 0 Å². The van der Waals surface area contributed by atoms with Crippen LogP contribution < -0.4 is 9.80 Å². The molecule has 1 aromatic carbocycles. The number of aromatic nitrogens is 2. The van der Waals surface area contributed by atoms with Crippen molar-refractivity contribution < 1.29 is 13.9 Å². The molecule has 0 unspecified atom stereocenters. The van der Waals surface area contributed by atoms with Crippen molar-refractivity contribution in [1.29, 1.82) is 0 Å². The number of halogens is 1. The van der Waals surface area contributed by atoms with Gasteiger partial charge in [-0.15, -0.1) is 0 Å². The Morgan fingerprint density at radius 3 is 2.22 bits per heavy atom. The van der Waals surface area contributed by atoms with Crippen molar-refractivity contribution in [2.45, 2.75) is 0 Å². The second-order valence-electron chi connectivity index (χ2n) is 6.61. The molecule has 2 aliphatic heterocycles. The number of amides is 1. The molecular weight excluding hydrogens is 349 g/mol. The molecule has 4 rings (SSSR count). The predicted molar refractivity (Wildman–Crippen MR) is 99.6 cm³/mol. The molecule has 2 aromatic rings. The van der Waals surface area contributed by atoms with Crippen molar-refractivity contribution in [3.8, 4) is 0 Å². The number of morpholine rings is 1. The van der Waals surface area contributed by atoms with Crippen LogP contribution in [0.15, 0.2) is 36.7 Å². The van der Waals surface area contributed by atoms with Crippen molar-refractivity contribution in [2.75, 3.05) is 62.3 Å². The predicted octanol–water partition coefficient (Wildman–Crippen LogP) is 1.41. The third kappa shape index (κ3) is 4.00. The molecular formula is C19H22FN5O2. The number of benzene rings is 1. The van der Waals surface area contributed by atoms with E-state index < -0.39 is 0 Å². The molecule has 0 N–H and O–H groups in total. The van der Waals surface area contributed by atoms with Gasteiger partial charge in [0, 0.05) is 45.0 Å². The smallest absolute Gasteiger partial charge is 0.274 e. The van der Waals surface area contributed by atoms with Gasteiger partial charge < -0.3 is 19.4 Å². The second kappa shape index (κ2) is 7.87. The lowest BCUT2D eigenvalue weighted by molar-refractivity contribution is 0.0740. The maximum Gasteiger partial charge on any atom is 0.274 e. The minimum absolute atomic E-state index is 0.102. The summed E-state index contributed by atoms with van der Waals surface area (Å²) in [5, 5.41) is 0. The summed E-state index contributed by atoms with van der Waals surface area (Å²) in [6.07, 6.45) is 3.22. The number of ether oxygens (including phenoxy) is 1. The summed E-state index contributed by atoms with van der Waals surface area (Å²) in [5.41, 5.74) is 1.33. The molecule has 7 nitrogen and oxygen atoms in total. The summed E-state index contributed by atoms with van der Waals surface area (Å²) in [5.74, 6) is 0.428. The van der Waals surface area contributed by atoms with Gasteiger partial charge in [-0.2, -0.15) is 0 Å². The summed E-state index contributed by atoms with van der Waals surface area (Å²) in [7, 11) is 0. The molecule has 0 bridgehead atoms. The lowest BCUT2D eigenvalue weighted by Gasteiger charge is -2.36. The van der Waals surface area contributed by atoms with Crippen LogP contribution in [-0.4, -0.2) is 73.3 Å². The number of piperazine rings is 1. The minimum Gasteiger partial charge on any atom is -0.378 e. The third-order valence-corrected chi connectivity index (χ3v) is 4.95. The van der Waals surface area contributed by atoms with E-state index in [2.05, 4.69) is 19.8 Å². The average molecular weight is 371 g/mol. The van der Waals surface area contributed by atoms with Gasteiger partial charge in [0.1, 0.15) is 17.3 Å². The van der Waals surface area contributed by atoms with E-state index in [9.17, 15) is 9.18 Å². The maximum absolute atomic E-state index is 13.1. The Kier molecular flexibility index (Phi) is 5.15. The highest BCUT2D eigenvalue weighted by atomic mass is 19.1. The van der Waals surface area contributed by atoms with Crippen LogP contribution in [0.4, 0.5) is 15.9 Å². The second-order valence-corrected chi connectivity index (χ2v) is 6.61. The number of nitrogens with zero attached hydrogens (tertiary/aromatic N) is 5. The molecule has 1 aromatic heterocycles. The van der Waals surface area contributed by atoms with Gasteiger partial charge in [-0.3, -0.25) is 4.79 Å². The van der Waals surface area contributed by atoms with Gasteiger partial charge in [-0.1, -0.05) is 0 Å². The monoisotopic (exact) mass is 371 g/mol. The Morgan fingerprint density at radius 1 is 0.889 bits per heavy atom. The summed E-state index contributed by atoms with van der Waals surface area (Å²) in [6, 6.07) is 6.45. The Bertz CT molecular complexity index is 770. The molecule has 0 spiro atoms. The highest BCUT2D eigenvalue weighted by Crippen LogP contribution is 2.18. The van der Waals surface area contributed by atoms with Crippen LogP contribution in [0.1, 0.15) is 10.5 Å². The SMILES string of the molecule is O=C(c1cnc(N2CCOCC2)cn1)N1CCN(c2ccc(F)cc2)CC1. The van der Waals surface area contributed by atoms with E-state index >= 15 is 0 Å². The standard InChI is InChI=1S/C19H22FN5O2/c20-15-1-3-16(4-2-15)23-5-7-25(8-6-23)19(26)17-13-22-18(14-21-17)24-9-11-27-12-10-24/h1-4,13-14H,5-12H2. The molecule has 142 valence electrons. The van der Waals surface area contributed by atoms with Crippen molar-refractivity contribution in [3.05, 3.63) is 48.2 Å². The van der Waals surface area contributed by atoms with Crippen LogP contribution in [0.2, 0.25) is 0 Å². The molecule has 2 aliphatic rings. The summed E-state index contributed by atoms with van der Waals surface area (Å²) < 4.78 is 18.4. The van der Waals surface area contributed by atoms with Gasteiger partial charge >= 0.3 is 0 Å². The first-order chi connectivity index (χ1) is 13.2. The molecule has 2 saturated heterocycles. The van der Waals surface area contributed by atoms with Gasteiger partial charge in [0.05, 0.1) is 25.6 Å². The van der Waals surface area contributed by atoms with Gasteiger partial charge in [-0.25, -0.2) is 14.4 Å². The normalized spacial score (nSPS) is 17.9. The molecule has 0 radical (unpaired) electrons. The van der Waals surface area contributed by atoms with Crippen LogP contribution in [0, 0.1) is 5.82 Å². The summed E-state index contributed by atoms with van der Waals surface area (Å²) >= 11 is 0. The van der Waals surface area contributed by atoms with Crippen LogP contribution in [-0.2, 0) is 4.74 Å². The molecule has 3 heterocycles. The number of rotatable bonds is 3. The minimum atomic E-state index is -0.244. The van der Waals surface area contributed by atoms with E-state index in [-0.39, 0.29) is 11.7 Å². The highest BCUT2D eigenvalue weighted by Gasteiger charge is 2.24.